The third kappa shape index (κ3) is 4.60. The highest BCUT2D eigenvalue weighted by molar-refractivity contribution is 7.99. The SMILES string of the molecule is Cc1ccc(NC(=O)NC(=O)CSc2nnnn2C2CCCC2)cc1C. The first-order chi connectivity index (χ1) is 12.5. The van der Waals surface area contributed by atoms with Gasteiger partial charge in [-0.15, -0.1) is 5.10 Å². The first-order valence-electron chi connectivity index (χ1n) is 8.61. The molecule has 1 aliphatic carbocycles. The second kappa shape index (κ2) is 8.31. The Kier molecular flexibility index (Phi) is 5.87. The van der Waals surface area contributed by atoms with Crippen molar-refractivity contribution in [1.29, 1.82) is 0 Å². The normalized spacial score (nSPS) is 14.4. The molecule has 0 saturated heterocycles. The van der Waals surface area contributed by atoms with Crippen LogP contribution in [0.15, 0.2) is 23.4 Å². The smallest absolute Gasteiger partial charge is 0.308 e. The van der Waals surface area contributed by atoms with Crippen molar-refractivity contribution in [1.82, 2.24) is 25.5 Å². The lowest BCUT2D eigenvalue weighted by Gasteiger charge is -2.11. The van der Waals surface area contributed by atoms with Gasteiger partial charge in [0.2, 0.25) is 11.1 Å². The standard InChI is InChI=1S/C17H22N6O2S/c1-11-7-8-13(9-12(11)2)18-16(25)19-15(24)10-26-17-20-21-22-23(17)14-5-3-4-6-14/h7-9,14H,3-6,10H2,1-2H3,(H2,18,19,24,25). The maximum atomic E-state index is 12.0. The van der Waals surface area contributed by atoms with E-state index in [2.05, 4.69) is 26.2 Å². The van der Waals surface area contributed by atoms with Crippen molar-refractivity contribution in [3.8, 4) is 0 Å². The molecule has 0 radical (unpaired) electrons. The molecule has 0 unspecified atom stereocenters. The van der Waals surface area contributed by atoms with Gasteiger partial charge in [-0.2, -0.15) is 0 Å². The summed E-state index contributed by atoms with van der Waals surface area (Å²) < 4.78 is 1.79. The first-order valence-corrected chi connectivity index (χ1v) is 9.60. The fraction of sp³-hybridized carbons (Fsp3) is 0.471. The summed E-state index contributed by atoms with van der Waals surface area (Å²) in [6, 6.07) is 5.35. The number of carbonyl (C=O) groups excluding carboxylic acids is 2. The van der Waals surface area contributed by atoms with E-state index in [0.717, 1.165) is 24.0 Å². The number of tetrazole rings is 1. The van der Waals surface area contributed by atoms with Gasteiger partial charge in [0.15, 0.2) is 0 Å². The molecule has 1 heterocycles. The molecule has 26 heavy (non-hydrogen) atoms. The molecule has 3 rings (SSSR count). The molecule has 1 saturated carbocycles. The molecule has 0 bridgehead atoms. The number of imide groups is 1. The topological polar surface area (TPSA) is 102 Å². The number of nitrogens with zero attached hydrogens (tertiary/aromatic N) is 4. The lowest BCUT2D eigenvalue weighted by atomic mass is 10.1. The Morgan fingerprint density at radius 1 is 1.23 bits per heavy atom. The number of urea groups is 1. The number of nitrogens with one attached hydrogen (secondary N) is 2. The van der Waals surface area contributed by atoms with Gasteiger partial charge in [-0.05, 0) is 60.4 Å². The van der Waals surface area contributed by atoms with Crippen molar-refractivity contribution in [3.05, 3.63) is 29.3 Å². The molecular weight excluding hydrogens is 352 g/mol. The van der Waals surface area contributed by atoms with Gasteiger partial charge in [0.25, 0.3) is 0 Å². The number of aryl methyl sites for hydroxylation is 2. The number of carbonyl (C=O) groups is 2. The van der Waals surface area contributed by atoms with Gasteiger partial charge < -0.3 is 5.32 Å². The second-order valence-corrected chi connectivity index (χ2v) is 7.38. The number of amides is 3. The molecule has 0 atom stereocenters. The Hall–Kier alpha value is -2.42. The predicted octanol–water partition coefficient (Wildman–Crippen LogP) is 2.85. The minimum atomic E-state index is -0.547. The zero-order valence-electron chi connectivity index (χ0n) is 14.9. The monoisotopic (exact) mass is 374 g/mol. The molecule has 2 N–H and O–H groups in total. The van der Waals surface area contributed by atoms with Gasteiger partial charge in [-0.3, -0.25) is 10.1 Å². The number of benzene rings is 1. The Balaban J connectivity index is 1.49. The Morgan fingerprint density at radius 3 is 2.73 bits per heavy atom. The first kappa shape index (κ1) is 18.4. The van der Waals surface area contributed by atoms with E-state index in [1.807, 2.05) is 26.0 Å². The summed E-state index contributed by atoms with van der Waals surface area (Å²) in [4.78, 5) is 24.0. The van der Waals surface area contributed by atoms with Crippen LogP contribution >= 0.6 is 11.8 Å². The molecule has 8 nitrogen and oxygen atoms in total. The molecule has 0 aliphatic heterocycles. The van der Waals surface area contributed by atoms with Crippen molar-refractivity contribution < 1.29 is 9.59 Å². The number of thioether (sulfide) groups is 1. The van der Waals surface area contributed by atoms with Gasteiger partial charge in [0.05, 0.1) is 11.8 Å². The average molecular weight is 374 g/mol. The van der Waals surface area contributed by atoms with Crippen molar-refractivity contribution in [2.75, 3.05) is 11.1 Å². The van der Waals surface area contributed by atoms with Gasteiger partial charge in [0, 0.05) is 5.69 Å². The van der Waals surface area contributed by atoms with E-state index in [9.17, 15) is 9.59 Å². The zero-order chi connectivity index (χ0) is 18.5. The van der Waals surface area contributed by atoms with Gasteiger partial charge in [-0.1, -0.05) is 30.7 Å². The quantitative estimate of drug-likeness (QED) is 0.780. The fourth-order valence-corrected chi connectivity index (χ4v) is 3.68. The lowest BCUT2D eigenvalue weighted by Crippen LogP contribution is -2.35. The van der Waals surface area contributed by atoms with Crippen LogP contribution in [0.3, 0.4) is 0 Å². The van der Waals surface area contributed by atoms with Crippen LogP contribution in [0.1, 0.15) is 42.9 Å². The van der Waals surface area contributed by atoms with Crippen LogP contribution < -0.4 is 10.6 Å². The minimum absolute atomic E-state index is 0.0768. The maximum Gasteiger partial charge on any atom is 0.325 e. The van der Waals surface area contributed by atoms with Gasteiger partial charge in [0.1, 0.15) is 0 Å². The molecule has 2 aromatic rings. The second-order valence-electron chi connectivity index (χ2n) is 6.43. The summed E-state index contributed by atoms with van der Waals surface area (Å²) in [5, 5.41) is 17.3. The largest absolute Gasteiger partial charge is 0.325 e. The summed E-state index contributed by atoms with van der Waals surface area (Å²) in [6.45, 7) is 3.97. The summed E-state index contributed by atoms with van der Waals surface area (Å²) >= 11 is 1.24. The molecule has 0 spiro atoms. The third-order valence-electron chi connectivity index (χ3n) is 4.48. The zero-order valence-corrected chi connectivity index (χ0v) is 15.7. The Bertz CT molecular complexity index is 800. The summed E-state index contributed by atoms with van der Waals surface area (Å²) in [7, 11) is 0. The number of hydrogen-bond acceptors (Lipinski definition) is 6. The molecule has 9 heteroatoms. The molecule has 1 aliphatic rings. The van der Waals surface area contributed by atoms with Crippen molar-refractivity contribution in [3.63, 3.8) is 0 Å². The lowest BCUT2D eigenvalue weighted by molar-refractivity contribution is -0.117. The van der Waals surface area contributed by atoms with E-state index >= 15 is 0 Å². The van der Waals surface area contributed by atoms with Crippen LogP contribution in [0.4, 0.5) is 10.5 Å². The average Bonchev–Trinajstić information content (AvgIpc) is 3.26. The van der Waals surface area contributed by atoms with Gasteiger partial charge in [-0.25, -0.2) is 9.48 Å². The van der Waals surface area contributed by atoms with Crippen LogP contribution in [-0.2, 0) is 4.79 Å². The summed E-state index contributed by atoms with van der Waals surface area (Å²) in [5.41, 5.74) is 2.86. The highest BCUT2D eigenvalue weighted by atomic mass is 32.2. The minimum Gasteiger partial charge on any atom is -0.308 e. The van der Waals surface area contributed by atoms with Gasteiger partial charge >= 0.3 is 6.03 Å². The Morgan fingerprint density at radius 2 is 2.00 bits per heavy atom. The van der Waals surface area contributed by atoms with Crippen LogP contribution in [0.5, 0.6) is 0 Å². The van der Waals surface area contributed by atoms with Crippen molar-refractivity contribution >= 4 is 29.4 Å². The molecule has 3 amide bonds. The third-order valence-corrected chi connectivity index (χ3v) is 5.42. The molecule has 138 valence electrons. The van der Waals surface area contributed by atoms with E-state index in [4.69, 9.17) is 0 Å². The number of anilines is 1. The molecule has 1 fully saturated rings. The van der Waals surface area contributed by atoms with Crippen LogP contribution in [0.2, 0.25) is 0 Å². The van der Waals surface area contributed by atoms with E-state index < -0.39 is 11.9 Å². The van der Waals surface area contributed by atoms with Crippen LogP contribution in [0.25, 0.3) is 0 Å². The fourth-order valence-electron chi connectivity index (χ4n) is 2.93. The van der Waals surface area contributed by atoms with Crippen LogP contribution in [-0.4, -0.2) is 37.9 Å². The van der Waals surface area contributed by atoms with E-state index in [1.165, 1.54) is 24.6 Å². The van der Waals surface area contributed by atoms with Crippen molar-refractivity contribution in [2.45, 2.75) is 50.7 Å². The van der Waals surface area contributed by atoms with Crippen LogP contribution in [0, 0.1) is 13.8 Å². The molecule has 1 aromatic heterocycles. The molecular formula is C17H22N6O2S. The number of hydrogen-bond donors (Lipinski definition) is 2. The summed E-state index contributed by atoms with van der Waals surface area (Å²) in [5.74, 6) is -0.315. The highest BCUT2D eigenvalue weighted by Gasteiger charge is 2.22. The highest BCUT2D eigenvalue weighted by Crippen LogP contribution is 2.31. The number of rotatable bonds is 5. The summed E-state index contributed by atoms with van der Waals surface area (Å²) in [6.07, 6.45) is 4.47. The maximum absolute atomic E-state index is 12.0. The van der Waals surface area contributed by atoms with E-state index in [0.29, 0.717) is 16.9 Å². The predicted molar refractivity (Wildman–Crippen MR) is 99.1 cm³/mol. The van der Waals surface area contributed by atoms with E-state index in [1.54, 1.807) is 10.7 Å². The molecule has 1 aromatic carbocycles. The van der Waals surface area contributed by atoms with E-state index in [-0.39, 0.29) is 5.75 Å². The number of aromatic nitrogens is 4. The van der Waals surface area contributed by atoms with Crippen molar-refractivity contribution in [2.24, 2.45) is 0 Å². The Labute approximate surface area is 156 Å².